The summed E-state index contributed by atoms with van der Waals surface area (Å²) in [5.41, 5.74) is 1.44. The second kappa shape index (κ2) is 5.11. The monoisotopic (exact) mass is 270 g/mol. The summed E-state index contributed by atoms with van der Waals surface area (Å²) >= 11 is 11.9. The van der Waals surface area contributed by atoms with Crippen LogP contribution in [0, 0.1) is 5.92 Å². The summed E-state index contributed by atoms with van der Waals surface area (Å²) in [5.74, 6) is -0.230. The zero-order valence-corrected chi connectivity index (χ0v) is 10.8. The molecule has 0 aromatic heterocycles. The normalized spacial score (nSPS) is 26.9. The van der Waals surface area contributed by atoms with Gasteiger partial charge in [0.2, 0.25) is 0 Å². The molecule has 0 unspecified atom stereocenters. The maximum Gasteiger partial charge on any atom is 0.336 e. The molecule has 1 fully saturated rings. The van der Waals surface area contributed by atoms with Crippen molar-refractivity contribution >= 4 is 29.2 Å². The minimum atomic E-state index is -0.364. The Morgan fingerprint density at radius 3 is 2.53 bits per heavy atom. The van der Waals surface area contributed by atoms with Gasteiger partial charge in [0.1, 0.15) is 6.10 Å². The van der Waals surface area contributed by atoms with E-state index in [4.69, 9.17) is 27.9 Å². The van der Waals surface area contributed by atoms with Crippen LogP contribution in [0.15, 0.2) is 40.9 Å². The molecule has 90 valence electrons. The average molecular weight is 271 g/mol. The Labute approximate surface area is 110 Å². The molecule has 0 amide bonds. The standard InChI is InChI=1S/C13H12Cl2O2/c1-8(15)11-10(7-14)12(17-13(11)16)9-5-3-2-4-6-9/h2-6,10,12H,7H2,1H3/b11-8-/t10-,12-/m0/s1. The zero-order valence-electron chi connectivity index (χ0n) is 9.32. The van der Waals surface area contributed by atoms with Gasteiger partial charge in [-0.2, -0.15) is 0 Å². The van der Waals surface area contributed by atoms with Gasteiger partial charge in [-0.3, -0.25) is 0 Å². The van der Waals surface area contributed by atoms with Crippen LogP contribution in [0.5, 0.6) is 0 Å². The number of hydrogen-bond acceptors (Lipinski definition) is 2. The van der Waals surface area contributed by atoms with Crippen molar-refractivity contribution in [3.63, 3.8) is 0 Å². The molecule has 2 nitrogen and oxygen atoms in total. The third-order valence-corrected chi connectivity index (χ3v) is 3.39. The van der Waals surface area contributed by atoms with E-state index in [1.807, 2.05) is 30.3 Å². The van der Waals surface area contributed by atoms with Gasteiger partial charge in [0.05, 0.1) is 5.57 Å². The minimum absolute atomic E-state index is 0.177. The molecule has 2 rings (SSSR count). The van der Waals surface area contributed by atoms with Crippen LogP contribution < -0.4 is 0 Å². The van der Waals surface area contributed by atoms with Crippen molar-refractivity contribution in [1.29, 1.82) is 0 Å². The van der Waals surface area contributed by atoms with E-state index >= 15 is 0 Å². The summed E-state index contributed by atoms with van der Waals surface area (Å²) in [6.07, 6.45) is -0.329. The summed E-state index contributed by atoms with van der Waals surface area (Å²) in [5, 5.41) is 0.457. The molecule has 2 atom stereocenters. The first kappa shape index (κ1) is 12.5. The predicted octanol–water partition coefficient (Wildman–Crippen LogP) is 3.65. The molecule has 0 aliphatic carbocycles. The summed E-state index contributed by atoms with van der Waals surface area (Å²) in [6, 6.07) is 9.57. The Bertz CT molecular complexity index is 450. The number of ether oxygens (including phenoxy) is 1. The first-order valence-electron chi connectivity index (χ1n) is 5.33. The highest BCUT2D eigenvalue weighted by Crippen LogP contribution is 2.41. The molecular weight excluding hydrogens is 259 g/mol. The highest BCUT2D eigenvalue weighted by Gasteiger charge is 2.41. The molecule has 1 aliphatic rings. The quantitative estimate of drug-likeness (QED) is 0.466. The number of hydrogen-bond donors (Lipinski definition) is 0. The first-order valence-corrected chi connectivity index (χ1v) is 6.24. The Morgan fingerprint density at radius 1 is 1.35 bits per heavy atom. The van der Waals surface area contributed by atoms with Gasteiger partial charge in [0, 0.05) is 16.8 Å². The van der Waals surface area contributed by atoms with Crippen LogP contribution in [0.4, 0.5) is 0 Å². The molecule has 0 spiro atoms. The molecule has 0 radical (unpaired) electrons. The summed E-state index contributed by atoms with van der Waals surface area (Å²) < 4.78 is 5.36. The Hall–Kier alpha value is -0.990. The van der Waals surface area contributed by atoms with E-state index in [-0.39, 0.29) is 18.0 Å². The van der Waals surface area contributed by atoms with E-state index in [1.165, 1.54) is 0 Å². The highest BCUT2D eigenvalue weighted by atomic mass is 35.5. The molecule has 1 aromatic carbocycles. The van der Waals surface area contributed by atoms with E-state index in [0.717, 1.165) is 5.56 Å². The van der Waals surface area contributed by atoms with E-state index in [9.17, 15) is 4.79 Å². The third-order valence-electron chi connectivity index (χ3n) is 2.86. The fourth-order valence-electron chi connectivity index (χ4n) is 2.06. The van der Waals surface area contributed by atoms with E-state index in [0.29, 0.717) is 16.5 Å². The number of benzene rings is 1. The van der Waals surface area contributed by atoms with Gasteiger partial charge in [0.25, 0.3) is 0 Å². The number of rotatable bonds is 2. The van der Waals surface area contributed by atoms with Crippen molar-refractivity contribution in [2.24, 2.45) is 5.92 Å². The van der Waals surface area contributed by atoms with Gasteiger partial charge < -0.3 is 4.74 Å². The van der Waals surface area contributed by atoms with Crippen molar-refractivity contribution in [3.05, 3.63) is 46.5 Å². The Balaban J connectivity index is 2.39. The first-order chi connectivity index (χ1) is 8.15. The molecule has 0 saturated carbocycles. The lowest BCUT2D eigenvalue weighted by atomic mass is 9.93. The van der Waals surface area contributed by atoms with Crippen molar-refractivity contribution in [2.45, 2.75) is 13.0 Å². The van der Waals surface area contributed by atoms with Crippen molar-refractivity contribution in [2.75, 3.05) is 5.88 Å². The smallest absolute Gasteiger partial charge is 0.336 e. The van der Waals surface area contributed by atoms with Crippen LogP contribution in [0.1, 0.15) is 18.6 Å². The lowest BCUT2D eigenvalue weighted by Crippen LogP contribution is -2.11. The molecule has 1 heterocycles. The predicted molar refractivity (Wildman–Crippen MR) is 68.0 cm³/mol. The highest BCUT2D eigenvalue weighted by molar-refractivity contribution is 6.31. The third kappa shape index (κ3) is 2.33. The van der Waals surface area contributed by atoms with Crippen molar-refractivity contribution < 1.29 is 9.53 Å². The van der Waals surface area contributed by atoms with Crippen LogP contribution in [0.25, 0.3) is 0 Å². The van der Waals surface area contributed by atoms with Gasteiger partial charge in [-0.05, 0) is 12.5 Å². The molecule has 1 saturated heterocycles. The van der Waals surface area contributed by atoms with E-state index in [1.54, 1.807) is 6.92 Å². The van der Waals surface area contributed by atoms with Crippen LogP contribution in [-0.4, -0.2) is 11.8 Å². The number of cyclic esters (lactones) is 1. The van der Waals surface area contributed by atoms with Gasteiger partial charge in [-0.1, -0.05) is 41.9 Å². The number of esters is 1. The number of allylic oxidation sites excluding steroid dienone is 1. The van der Waals surface area contributed by atoms with E-state index in [2.05, 4.69) is 0 Å². The zero-order chi connectivity index (χ0) is 12.4. The van der Waals surface area contributed by atoms with Gasteiger partial charge in [0.15, 0.2) is 0 Å². The second-order valence-corrected chi connectivity index (χ2v) is 4.82. The summed E-state index contributed by atoms with van der Waals surface area (Å²) in [4.78, 5) is 11.7. The van der Waals surface area contributed by atoms with Crippen molar-refractivity contribution in [3.8, 4) is 0 Å². The Kier molecular flexibility index (Phi) is 3.75. The molecule has 0 N–H and O–H groups in total. The molecule has 4 heteroatoms. The van der Waals surface area contributed by atoms with Crippen LogP contribution in [0.2, 0.25) is 0 Å². The van der Waals surface area contributed by atoms with Gasteiger partial charge >= 0.3 is 5.97 Å². The van der Waals surface area contributed by atoms with Crippen LogP contribution in [-0.2, 0) is 9.53 Å². The Morgan fingerprint density at radius 2 is 2.00 bits per heavy atom. The van der Waals surface area contributed by atoms with Gasteiger partial charge in [-0.25, -0.2) is 4.79 Å². The SMILES string of the molecule is C/C(Cl)=C1/C(=O)O[C@@H](c2ccccc2)[C@H]1CCl. The molecular formula is C13H12Cl2O2. The number of halogens is 2. The molecule has 17 heavy (non-hydrogen) atoms. The maximum absolute atomic E-state index is 11.7. The summed E-state index contributed by atoms with van der Waals surface area (Å²) in [6.45, 7) is 1.69. The maximum atomic E-state index is 11.7. The minimum Gasteiger partial charge on any atom is -0.453 e. The lowest BCUT2D eigenvalue weighted by Gasteiger charge is -2.15. The van der Waals surface area contributed by atoms with Gasteiger partial charge in [-0.15, -0.1) is 11.6 Å². The fraction of sp³-hybridized carbons (Fsp3) is 0.308. The summed E-state index contributed by atoms with van der Waals surface area (Å²) in [7, 11) is 0. The number of alkyl halides is 1. The van der Waals surface area contributed by atoms with E-state index < -0.39 is 0 Å². The fourth-order valence-corrected chi connectivity index (χ4v) is 2.59. The largest absolute Gasteiger partial charge is 0.453 e. The topological polar surface area (TPSA) is 26.3 Å². The second-order valence-electron chi connectivity index (χ2n) is 3.94. The number of carbonyl (C=O) groups is 1. The molecule has 1 aromatic rings. The van der Waals surface area contributed by atoms with Crippen LogP contribution >= 0.6 is 23.2 Å². The molecule has 1 aliphatic heterocycles. The van der Waals surface area contributed by atoms with Crippen LogP contribution in [0.3, 0.4) is 0 Å². The van der Waals surface area contributed by atoms with Crippen molar-refractivity contribution in [1.82, 2.24) is 0 Å². The average Bonchev–Trinajstić information content (AvgIpc) is 2.67. The lowest BCUT2D eigenvalue weighted by molar-refractivity contribution is -0.139. The number of carbonyl (C=O) groups excluding carboxylic acids is 1. The molecule has 0 bridgehead atoms.